The zero-order valence-corrected chi connectivity index (χ0v) is 12.3. The van der Waals surface area contributed by atoms with Gasteiger partial charge in [-0.3, -0.25) is 4.79 Å². The topological polar surface area (TPSA) is 78.4 Å². The molecule has 116 valence electrons. The Balaban J connectivity index is 1.88. The van der Waals surface area contributed by atoms with Crippen LogP contribution in [0.1, 0.15) is 12.0 Å². The molecule has 0 radical (unpaired) electrons. The summed E-state index contributed by atoms with van der Waals surface area (Å²) in [6.07, 6.45) is 1.73. The molecule has 0 saturated heterocycles. The van der Waals surface area contributed by atoms with E-state index in [1.165, 1.54) is 6.08 Å². The molecule has 0 fully saturated rings. The van der Waals surface area contributed by atoms with E-state index in [1.807, 2.05) is 42.5 Å². The molecule has 0 spiro atoms. The van der Waals surface area contributed by atoms with Gasteiger partial charge in [-0.05, 0) is 23.8 Å². The van der Waals surface area contributed by atoms with Crippen LogP contribution in [-0.4, -0.2) is 23.0 Å². The minimum absolute atomic E-state index is 0.258. The van der Waals surface area contributed by atoms with E-state index < -0.39 is 12.0 Å². The SMILES string of the molecule is O=C(/C=C1\CC(C(=O)O)Nc2ccccc21)Nc1ccccc1. The molecule has 1 heterocycles. The molecule has 0 aliphatic carbocycles. The number of carbonyl (C=O) groups excluding carboxylic acids is 1. The molecule has 1 aliphatic rings. The maximum atomic E-state index is 12.2. The lowest BCUT2D eigenvalue weighted by molar-refractivity contribution is -0.137. The van der Waals surface area contributed by atoms with Crippen LogP contribution in [0.4, 0.5) is 11.4 Å². The minimum Gasteiger partial charge on any atom is -0.480 e. The van der Waals surface area contributed by atoms with Gasteiger partial charge in [0.2, 0.25) is 5.91 Å². The van der Waals surface area contributed by atoms with Crippen LogP contribution in [0.15, 0.2) is 60.7 Å². The summed E-state index contributed by atoms with van der Waals surface area (Å²) in [7, 11) is 0. The van der Waals surface area contributed by atoms with Crippen LogP contribution in [0.2, 0.25) is 0 Å². The first kappa shape index (κ1) is 14.8. The summed E-state index contributed by atoms with van der Waals surface area (Å²) < 4.78 is 0. The molecule has 3 N–H and O–H groups in total. The molecule has 5 heteroatoms. The van der Waals surface area contributed by atoms with Gasteiger partial charge in [-0.25, -0.2) is 4.79 Å². The summed E-state index contributed by atoms with van der Waals surface area (Å²) in [5.41, 5.74) is 2.99. The van der Waals surface area contributed by atoms with E-state index in [1.54, 1.807) is 12.1 Å². The number of carboxylic acids is 1. The average molecular weight is 308 g/mol. The van der Waals surface area contributed by atoms with Crippen LogP contribution in [-0.2, 0) is 9.59 Å². The van der Waals surface area contributed by atoms with Gasteiger partial charge in [0.1, 0.15) is 6.04 Å². The molecular weight excluding hydrogens is 292 g/mol. The van der Waals surface area contributed by atoms with Crippen LogP contribution in [0, 0.1) is 0 Å². The molecule has 23 heavy (non-hydrogen) atoms. The Hall–Kier alpha value is -3.08. The molecule has 1 amide bonds. The van der Waals surface area contributed by atoms with Gasteiger partial charge in [-0.1, -0.05) is 36.4 Å². The van der Waals surface area contributed by atoms with Gasteiger partial charge in [-0.2, -0.15) is 0 Å². The predicted octanol–water partition coefficient (Wildman–Crippen LogP) is 2.98. The number of carboxylic acid groups (broad SMARTS) is 1. The zero-order chi connectivity index (χ0) is 16.2. The van der Waals surface area contributed by atoms with Crippen LogP contribution in [0.3, 0.4) is 0 Å². The van der Waals surface area contributed by atoms with E-state index in [4.69, 9.17) is 0 Å². The lowest BCUT2D eigenvalue weighted by Crippen LogP contribution is -2.33. The van der Waals surface area contributed by atoms with Crippen molar-refractivity contribution in [2.24, 2.45) is 0 Å². The number of nitrogens with one attached hydrogen (secondary N) is 2. The number of benzene rings is 2. The van der Waals surface area contributed by atoms with E-state index in [0.717, 1.165) is 11.3 Å². The predicted molar refractivity (Wildman–Crippen MR) is 89.2 cm³/mol. The number of carbonyl (C=O) groups is 2. The van der Waals surface area contributed by atoms with Crippen molar-refractivity contribution < 1.29 is 14.7 Å². The highest BCUT2D eigenvalue weighted by atomic mass is 16.4. The van der Waals surface area contributed by atoms with Gasteiger partial charge in [0.15, 0.2) is 0 Å². The fraction of sp³-hybridized carbons (Fsp3) is 0.111. The zero-order valence-electron chi connectivity index (χ0n) is 12.3. The van der Waals surface area contributed by atoms with E-state index in [-0.39, 0.29) is 12.3 Å². The van der Waals surface area contributed by atoms with Gasteiger partial charge in [-0.15, -0.1) is 0 Å². The largest absolute Gasteiger partial charge is 0.480 e. The van der Waals surface area contributed by atoms with Crippen molar-refractivity contribution in [3.05, 3.63) is 66.2 Å². The molecule has 0 saturated carbocycles. The third-order valence-electron chi connectivity index (χ3n) is 3.67. The molecule has 2 aromatic carbocycles. The van der Waals surface area contributed by atoms with Crippen molar-refractivity contribution in [1.82, 2.24) is 0 Å². The Morgan fingerprint density at radius 1 is 1.09 bits per heavy atom. The van der Waals surface area contributed by atoms with Crippen molar-refractivity contribution >= 4 is 28.8 Å². The number of amides is 1. The van der Waals surface area contributed by atoms with Crippen LogP contribution in [0.5, 0.6) is 0 Å². The smallest absolute Gasteiger partial charge is 0.326 e. The number of hydrogen-bond donors (Lipinski definition) is 3. The summed E-state index contributed by atoms with van der Waals surface area (Å²) in [6.45, 7) is 0. The number of para-hydroxylation sites is 2. The second-order valence-corrected chi connectivity index (χ2v) is 5.31. The molecule has 0 bridgehead atoms. The second-order valence-electron chi connectivity index (χ2n) is 5.31. The molecule has 0 aromatic heterocycles. The first-order valence-electron chi connectivity index (χ1n) is 7.29. The van der Waals surface area contributed by atoms with Crippen molar-refractivity contribution in [1.29, 1.82) is 0 Å². The first-order valence-corrected chi connectivity index (χ1v) is 7.29. The van der Waals surface area contributed by atoms with E-state index in [2.05, 4.69) is 10.6 Å². The summed E-state index contributed by atoms with van der Waals surface area (Å²) in [4.78, 5) is 23.5. The monoisotopic (exact) mass is 308 g/mol. The highest BCUT2D eigenvalue weighted by molar-refractivity contribution is 6.05. The average Bonchev–Trinajstić information content (AvgIpc) is 2.55. The number of rotatable bonds is 3. The van der Waals surface area contributed by atoms with E-state index in [0.29, 0.717) is 11.3 Å². The number of fused-ring (bicyclic) bond motifs is 1. The van der Waals surface area contributed by atoms with Gasteiger partial charge >= 0.3 is 5.97 Å². The van der Waals surface area contributed by atoms with Crippen molar-refractivity contribution in [3.63, 3.8) is 0 Å². The van der Waals surface area contributed by atoms with Gasteiger partial charge < -0.3 is 15.7 Å². The third-order valence-corrected chi connectivity index (χ3v) is 3.67. The standard InChI is InChI=1S/C18H16N2O3/c21-17(19-13-6-2-1-3-7-13)11-12-10-16(18(22)23)20-15-9-5-4-8-14(12)15/h1-9,11,16,20H,10H2,(H,19,21)(H,22,23)/b12-11+. The van der Waals surface area contributed by atoms with Crippen molar-refractivity contribution in [2.45, 2.75) is 12.5 Å². The number of aliphatic carboxylic acids is 1. The maximum absolute atomic E-state index is 12.2. The lowest BCUT2D eigenvalue weighted by Gasteiger charge is -2.26. The Bertz CT molecular complexity index is 769. The normalized spacial score (nSPS) is 17.9. The highest BCUT2D eigenvalue weighted by Gasteiger charge is 2.26. The Labute approximate surface area is 133 Å². The molecule has 1 unspecified atom stereocenters. The Morgan fingerprint density at radius 2 is 1.78 bits per heavy atom. The van der Waals surface area contributed by atoms with Crippen LogP contribution < -0.4 is 10.6 Å². The van der Waals surface area contributed by atoms with Crippen LogP contribution in [0.25, 0.3) is 5.57 Å². The Kier molecular flexibility index (Phi) is 4.10. The summed E-state index contributed by atoms with van der Waals surface area (Å²) in [5.74, 6) is -1.21. The molecule has 5 nitrogen and oxygen atoms in total. The summed E-state index contributed by atoms with van der Waals surface area (Å²) >= 11 is 0. The number of hydrogen-bond acceptors (Lipinski definition) is 3. The first-order chi connectivity index (χ1) is 11.1. The molecule has 1 atom stereocenters. The Morgan fingerprint density at radius 3 is 2.52 bits per heavy atom. The summed E-state index contributed by atoms with van der Waals surface area (Å²) in [5, 5.41) is 15.0. The van der Waals surface area contributed by atoms with E-state index in [9.17, 15) is 14.7 Å². The van der Waals surface area contributed by atoms with E-state index >= 15 is 0 Å². The molecule has 2 aromatic rings. The quantitative estimate of drug-likeness (QED) is 0.762. The highest BCUT2D eigenvalue weighted by Crippen LogP contribution is 2.33. The second kappa shape index (κ2) is 6.36. The molecular formula is C18H16N2O3. The number of anilines is 2. The third kappa shape index (κ3) is 3.40. The van der Waals surface area contributed by atoms with Gasteiger partial charge in [0.05, 0.1) is 0 Å². The molecule has 1 aliphatic heterocycles. The van der Waals surface area contributed by atoms with Crippen molar-refractivity contribution in [2.75, 3.05) is 10.6 Å². The minimum atomic E-state index is -0.936. The van der Waals surface area contributed by atoms with Gasteiger partial charge in [0, 0.05) is 29.4 Å². The maximum Gasteiger partial charge on any atom is 0.326 e. The summed E-state index contributed by atoms with van der Waals surface area (Å²) in [6, 6.07) is 15.8. The van der Waals surface area contributed by atoms with Gasteiger partial charge in [0.25, 0.3) is 0 Å². The fourth-order valence-corrected chi connectivity index (χ4v) is 2.60. The lowest BCUT2D eigenvalue weighted by atomic mass is 9.92. The van der Waals surface area contributed by atoms with Crippen LogP contribution >= 0.6 is 0 Å². The fourth-order valence-electron chi connectivity index (χ4n) is 2.60. The molecule has 3 rings (SSSR count). The van der Waals surface area contributed by atoms with Crippen molar-refractivity contribution in [3.8, 4) is 0 Å².